The SMILES string of the molecule is Cc1c(=O)n(Cc2ccccc2)c(=O)n2cc(C(O)/C=C/c3ccccc3)sc12. The van der Waals surface area contributed by atoms with E-state index >= 15 is 0 Å². The Bertz CT molecular complexity index is 1280. The summed E-state index contributed by atoms with van der Waals surface area (Å²) in [7, 11) is 0. The standard InChI is InChI=1S/C23H20N2O3S/c1-16-21(27)24(14-18-10-6-3-7-11-18)23(28)25-15-20(29-22(16)25)19(26)13-12-17-8-4-2-5-9-17/h2-13,15,19,26H,14H2,1H3/b13-12+. The molecule has 146 valence electrons. The van der Waals surface area contributed by atoms with Crippen molar-refractivity contribution in [3.8, 4) is 0 Å². The molecular weight excluding hydrogens is 384 g/mol. The van der Waals surface area contributed by atoms with Crippen LogP contribution < -0.4 is 11.2 Å². The molecule has 5 nitrogen and oxygen atoms in total. The van der Waals surface area contributed by atoms with E-state index in [1.165, 1.54) is 20.3 Å². The zero-order valence-electron chi connectivity index (χ0n) is 15.9. The Morgan fingerprint density at radius 1 is 1.03 bits per heavy atom. The molecule has 0 aliphatic rings. The number of aliphatic hydroxyl groups excluding tert-OH is 1. The van der Waals surface area contributed by atoms with E-state index in [1.807, 2.05) is 66.7 Å². The van der Waals surface area contributed by atoms with Crippen LogP contribution in [0.15, 0.2) is 82.5 Å². The fraction of sp³-hybridized carbons (Fsp3) is 0.130. The largest absolute Gasteiger partial charge is 0.383 e. The molecule has 29 heavy (non-hydrogen) atoms. The number of fused-ring (bicyclic) bond motifs is 1. The van der Waals surface area contributed by atoms with Crippen LogP contribution >= 0.6 is 11.3 Å². The first-order valence-electron chi connectivity index (χ1n) is 9.25. The maximum absolute atomic E-state index is 13.0. The molecule has 0 aliphatic heterocycles. The second-order valence-corrected chi connectivity index (χ2v) is 7.87. The van der Waals surface area contributed by atoms with Gasteiger partial charge in [-0.2, -0.15) is 0 Å². The highest BCUT2D eigenvalue weighted by Gasteiger charge is 2.17. The summed E-state index contributed by atoms with van der Waals surface area (Å²) in [5.74, 6) is 0. The van der Waals surface area contributed by atoms with Gasteiger partial charge >= 0.3 is 5.69 Å². The number of rotatable bonds is 5. The summed E-state index contributed by atoms with van der Waals surface area (Å²) in [5.41, 5.74) is 1.65. The number of aryl methyl sites for hydroxylation is 1. The van der Waals surface area contributed by atoms with Crippen molar-refractivity contribution in [2.75, 3.05) is 0 Å². The summed E-state index contributed by atoms with van der Waals surface area (Å²) in [6.45, 7) is 1.93. The fourth-order valence-corrected chi connectivity index (χ4v) is 4.24. The van der Waals surface area contributed by atoms with Crippen molar-refractivity contribution in [3.05, 3.63) is 115 Å². The van der Waals surface area contributed by atoms with Gasteiger partial charge in [-0.25, -0.2) is 4.79 Å². The van der Waals surface area contributed by atoms with E-state index in [1.54, 1.807) is 19.2 Å². The van der Waals surface area contributed by atoms with Gasteiger partial charge in [-0.05, 0) is 18.1 Å². The number of thiazole rings is 1. The number of aliphatic hydroxyl groups is 1. The van der Waals surface area contributed by atoms with Crippen molar-refractivity contribution in [2.24, 2.45) is 0 Å². The second-order valence-electron chi connectivity index (χ2n) is 6.81. The lowest BCUT2D eigenvalue weighted by Crippen LogP contribution is -2.38. The minimum absolute atomic E-state index is 0.212. The quantitative estimate of drug-likeness (QED) is 0.553. The third-order valence-electron chi connectivity index (χ3n) is 4.76. The highest BCUT2D eigenvalue weighted by Crippen LogP contribution is 2.25. The Balaban J connectivity index is 1.73. The summed E-state index contributed by atoms with van der Waals surface area (Å²) >= 11 is 1.26. The minimum atomic E-state index is -0.864. The van der Waals surface area contributed by atoms with Gasteiger partial charge < -0.3 is 5.11 Å². The average molecular weight is 404 g/mol. The molecule has 2 heterocycles. The third-order valence-corrected chi connectivity index (χ3v) is 6.04. The number of hydrogen-bond donors (Lipinski definition) is 1. The molecule has 0 amide bonds. The molecule has 6 heteroatoms. The molecule has 0 saturated heterocycles. The highest BCUT2D eigenvalue weighted by atomic mass is 32.1. The first-order valence-corrected chi connectivity index (χ1v) is 10.1. The summed E-state index contributed by atoms with van der Waals surface area (Å²) in [6, 6.07) is 19.1. The molecule has 0 saturated carbocycles. The summed E-state index contributed by atoms with van der Waals surface area (Å²) in [5, 5.41) is 10.6. The summed E-state index contributed by atoms with van der Waals surface area (Å²) in [6.07, 6.45) is 4.27. The fourth-order valence-electron chi connectivity index (χ4n) is 3.19. The Kier molecular flexibility index (Phi) is 5.29. The predicted octanol–water partition coefficient (Wildman–Crippen LogP) is 3.63. The molecule has 4 aromatic rings. The molecule has 0 aliphatic carbocycles. The Labute approximate surface area is 171 Å². The van der Waals surface area contributed by atoms with Crippen molar-refractivity contribution in [1.29, 1.82) is 0 Å². The molecule has 2 aromatic heterocycles. The molecule has 1 atom stereocenters. The highest BCUT2D eigenvalue weighted by molar-refractivity contribution is 7.17. The maximum atomic E-state index is 13.0. The first-order chi connectivity index (χ1) is 14.0. The first kappa shape index (κ1) is 19.1. The smallest absolute Gasteiger partial charge is 0.336 e. The molecule has 2 aromatic carbocycles. The lowest BCUT2D eigenvalue weighted by molar-refractivity contribution is 0.233. The lowest BCUT2D eigenvalue weighted by Gasteiger charge is -2.07. The van der Waals surface area contributed by atoms with Gasteiger partial charge in [0, 0.05) is 11.8 Å². The minimum Gasteiger partial charge on any atom is -0.383 e. The van der Waals surface area contributed by atoms with Crippen molar-refractivity contribution < 1.29 is 5.11 Å². The van der Waals surface area contributed by atoms with Gasteiger partial charge in [0.15, 0.2) is 0 Å². The Morgan fingerprint density at radius 3 is 2.38 bits per heavy atom. The topological polar surface area (TPSA) is 63.7 Å². The van der Waals surface area contributed by atoms with E-state index < -0.39 is 11.8 Å². The van der Waals surface area contributed by atoms with E-state index in [9.17, 15) is 14.7 Å². The number of nitrogens with zero attached hydrogens (tertiary/aromatic N) is 2. The van der Waals surface area contributed by atoms with E-state index in [2.05, 4.69) is 0 Å². The Hall–Kier alpha value is -3.22. The van der Waals surface area contributed by atoms with Gasteiger partial charge in [0.25, 0.3) is 5.56 Å². The molecule has 0 spiro atoms. The second kappa shape index (κ2) is 8.03. The van der Waals surface area contributed by atoms with Crippen LogP contribution in [0.25, 0.3) is 10.9 Å². The van der Waals surface area contributed by atoms with Crippen LogP contribution in [0.4, 0.5) is 0 Å². The van der Waals surface area contributed by atoms with Crippen molar-refractivity contribution >= 4 is 22.2 Å². The van der Waals surface area contributed by atoms with Crippen LogP contribution in [0.2, 0.25) is 0 Å². The van der Waals surface area contributed by atoms with Crippen LogP contribution in [0.3, 0.4) is 0 Å². The zero-order chi connectivity index (χ0) is 20.4. The molecule has 0 fully saturated rings. The average Bonchev–Trinajstić information content (AvgIpc) is 3.21. The normalized spacial score (nSPS) is 12.6. The van der Waals surface area contributed by atoms with Crippen LogP contribution in [0.1, 0.15) is 27.7 Å². The molecular formula is C23H20N2O3S. The van der Waals surface area contributed by atoms with E-state index in [0.29, 0.717) is 15.3 Å². The van der Waals surface area contributed by atoms with Gasteiger partial charge in [0.05, 0.1) is 11.4 Å². The summed E-state index contributed by atoms with van der Waals surface area (Å²) in [4.78, 5) is 26.9. The van der Waals surface area contributed by atoms with Gasteiger partial charge in [-0.1, -0.05) is 72.8 Å². The number of benzene rings is 2. The molecule has 4 rings (SSSR count). The van der Waals surface area contributed by atoms with Gasteiger partial charge in [0.1, 0.15) is 10.9 Å². The van der Waals surface area contributed by atoms with E-state index in [0.717, 1.165) is 11.1 Å². The summed E-state index contributed by atoms with van der Waals surface area (Å²) < 4.78 is 2.69. The van der Waals surface area contributed by atoms with Crippen molar-refractivity contribution in [2.45, 2.75) is 19.6 Å². The van der Waals surface area contributed by atoms with Crippen molar-refractivity contribution in [1.82, 2.24) is 8.97 Å². The van der Waals surface area contributed by atoms with Crippen LogP contribution in [-0.4, -0.2) is 14.1 Å². The van der Waals surface area contributed by atoms with E-state index in [-0.39, 0.29) is 12.1 Å². The van der Waals surface area contributed by atoms with Crippen molar-refractivity contribution in [3.63, 3.8) is 0 Å². The number of hydrogen-bond acceptors (Lipinski definition) is 4. The monoisotopic (exact) mass is 404 g/mol. The predicted molar refractivity (Wildman–Crippen MR) is 117 cm³/mol. The van der Waals surface area contributed by atoms with Gasteiger partial charge in [-0.15, -0.1) is 11.3 Å². The van der Waals surface area contributed by atoms with Gasteiger partial charge in [-0.3, -0.25) is 13.8 Å². The molecule has 0 bridgehead atoms. The van der Waals surface area contributed by atoms with Crippen LogP contribution in [-0.2, 0) is 6.54 Å². The van der Waals surface area contributed by atoms with Crippen LogP contribution in [0, 0.1) is 6.92 Å². The molecule has 0 radical (unpaired) electrons. The molecule has 1 unspecified atom stereocenters. The van der Waals surface area contributed by atoms with E-state index in [4.69, 9.17) is 0 Å². The van der Waals surface area contributed by atoms with Crippen LogP contribution in [0.5, 0.6) is 0 Å². The Morgan fingerprint density at radius 2 is 1.69 bits per heavy atom. The zero-order valence-corrected chi connectivity index (χ0v) is 16.7. The van der Waals surface area contributed by atoms with Gasteiger partial charge in [0.2, 0.25) is 0 Å². The molecule has 1 N–H and O–H groups in total. The maximum Gasteiger partial charge on any atom is 0.336 e. The lowest BCUT2D eigenvalue weighted by atomic mass is 10.2. The number of aromatic nitrogens is 2. The third kappa shape index (κ3) is 3.85.